The molecular formula is C26H23N5O. The number of rotatable bonds is 5. The number of phenols is 1. The van der Waals surface area contributed by atoms with Gasteiger partial charge in [0.1, 0.15) is 17.4 Å². The zero-order chi connectivity index (χ0) is 22.1. The lowest BCUT2D eigenvalue weighted by molar-refractivity contribution is 0.476. The predicted molar refractivity (Wildman–Crippen MR) is 127 cm³/mol. The van der Waals surface area contributed by atoms with Crippen LogP contribution in [0, 0.1) is 0 Å². The van der Waals surface area contributed by atoms with Crippen molar-refractivity contribution in [2.45, 2.75) is 0 Å². The summed E-state index contributed by atoms with van der Waals surface area (Å²) in [5, 5.41) is 10.4. The standard InChI is InChI=1S/C26H23N5O/c1-29-17-23(27-25(29)19-11-5-3-6-12-19)31(20-13-7-4-8-14-20)24-18-30(2)26(28-24)21-15-9-10-16-22(21)32/h3-18,32H,1-2H3. The van der Waals surface area contributed by atoms with Gasteiger partial charge in [-0.15, -0.1) is 0 Å². The van der Waals surface area contributed by atoms with Crippen molar-refractivity contribution in [2.24, 2.45) is 14.1 Å². The van der Waals surface area contributed by atoms with Crippen LogP contribution in [0.25, 0.3) is 22.8 Å². The number of para-hydroxylation sites is 2. The Hall–Kier alpha value is -4.32. The van der Waals surface area contributed by atoms with Gasteiger partial charge in [0.05, 0.1) is 5.56 Å². The van der Waals surface area contributed by atoms with Crippen LogP contribution in [0.5, 0.6) is 5.75 Å². The molecule has 158 valence electrons. The first-order valence-corrected chi connectivity index (χ1v) is 10.4. The van der Waals surface area contributed by atoms with Gasteiger partial charge in [0.2, 0.25) is 0 Å². The molecule has 0 fully saturated rings. The van der Waals surface area contributed by atoms with Gasteiger partial charge < -0.3 is 14.2 Å². The highest BCUT2D eigenvalue weighted by molar-refractivity contribution is 5.76. The summed E-state index contributed by atoms with van der Waals surface area (Å²) >= 11 is 0. The van der Waals surface area contributed by atoms with Crippen LogP contribution in [0.4, 0.5) is 17.3 Å². The SMILES string of the molecule is Cn1cc(N(c2ccccc2)c2cn(C)c(-c3ccccc3O)n2)nc1-c1ccccc1. The molecule has 0 aliphatic heterocycles. The summed E-state index contributed by atoms with van der Waals surface area (Å²) in [5.41, 5.74) is 2.68. The Kier molecular flexibility index (Phi) is 4.95. The summed E-state index contributed by atoms with van der Waals surface area (Å²) in [7, 11) is 3.92. The fourth-order valence-corrected chi connectivity index (χ4v) is 3.84. The van der Waals surface area contributed by atoms with Crippen LogP contribution in [0.1, 0.15) is 0 Å². The Labute approximate surface area is 186 Å². The molecule has 2 aromatic heterocycles. The number of benzene rings is 3. The molecule has 32 heavy (non-hydrogen) atoms. The first-order valence-electron chi connectivity index (χ1n) is 10.4. The number of hydrogen-bond acceptors (Lipinski definition) is 4. The van der Waals surface area contributed by atoms with Gasteiger partial charge in [0.25, 0.3) is 0 Å². The van der Waals surface area contributed by atoms with Gasteiger partial charge in [-0.25, -0.2) is 9.97 Å². The molecule has 0 atom stereocenters. The molecule has 6 nitrogen and oxygen atoms in total. The molecule has 0 amide bonds. The van der Waals surface area contributed by atoms with Crippen molar-refractivity contribution in [3.8, 4) is 28.5 Å². The second-order valence-corrected chi connectivity index (χ2v) is 7.62. The Morgan fingerprint density at radius 2 is 1.19 bits per heavy atom. The lowest BCUT2D eigenvalue weighted by Gasteiger charge is -2.19. The largest absolute Gasteiger partial charge is 0.507 e. The van der Waals surface area contributed by atoms with E-state index in [2.05, 4.69) is 12.1 Å². The third kappa shape index (κ3) is 3.52. The van der Waals surface area contributed by atoms with Gasteiger partial charge in [0.15, 0.2) is 11.6 Å². The van der Waals surface area contributed by atoms with Crippen LogP contribution in [-0.4, -0.2) is 24.2 Å². The fraction of sp³-hybridized carbons (Fsp3) is 0.0769. The number of hydrogen-bond donors (Lipinski definition) is 1. The van der Waals surface area contributed by atoms with Crippen LogP contribution in [0.2, 0.25) is 0 Å². The number of anilines is 3. The van der Waals surface area contributed by atoms with E-state index in [-0.39, 0.29) is 5.75 Å². The van der Waals surface area contributed by atoms with Crippen molar-refractivity contribution in [1.29, 1.82) is 0 Å². The van der Waals surface area contributed by atoms with Gasteiger partial charge in [-0.05, 0) is 24.3 Å². The molecule has 0 saturated heterocycles. The third-order valence-corrected chi connectivity index (χ3v) is 5.38. The molecule has 0 aliphatic rings. The third-order valence-electron chi connectivity index (χ3n) is 5.38. The van der Waals surface area contributed by atoms with Gasteiger partial charge in [-0.3, -0.25) is 4.90 Å². The molecule has 0 aliphatic carbocycles. The number of aryl methyl sites for hydroxylation is 2. The summed E-state index contributed by atoms with van der Waals surface area (Å²) in [6.07, 6.45) is 3.95. The van der Waals surface area contributed by atoms with E-state index in [0.29, 0.717) is 11.4 Å². The zero-order valence-electron chi connectivity index (χ0n) is 17.9. The van der Waals surface area contributed by atoms with Crippen LogP contribution in [0.3, 0.4) is 0 Å². The van der Waals surface area contributed by atoms with Crippen LogP contribution in [-0.2, 0) is 14.1 Å². The van der Waals surface area contributed by atoms with Gasteiger partial charge in [-0.1, -0.05) is 60.7 Å². The van der Waals surface area contributed by atoms with Crippen LogP contribution >= 0.6 is 0 Å². The highest BCUT2D eigenvalue weighted by atomic mass is 16.3. The summed E-state index contributed by atoms with van der Waals surface area (Å²) in [6, 6.07) is 27.4. The van der Waals surface area contributed by atoms with Crippen molar-refractivity contribution in [3.63, 3.8) is 0 Å². The molecule has 1 N–H and O–H groups in total. The van der Waals surface area contributed by atoms with E-state index >= 15 is 0 Å². The number of aromatic hydroxyl groups is 1. The minimum atomic E-state index is 0.197. The summed E-state index contributed by atoms with van der Waals surface area (Å²) in [6.45, 7) is 0. The molecule has 0 saturated carbocycles. The number of imidazole rings is 2. The maximum atomic E-state index is 10.4. The van der Waals surface area contributed by atoms with Gasteiger partial charge in [0, 0.05) is 37.7 Å². The summed E-state index contributed by atoms with van der Waals surface area (Å²) in [4.78, 5) is 11.9. The Morgan fingerprint density at radius 3 is 1.84 bits per heavy atom. The van der Waals surface area contributed by atoms with Gasteiger partial charge in [-0.2, -0.15) is 0 Å². The Morgan fingerprint density at radius 1 is 0.656 bits per heavy atom. The normalized spacial score (nSPS) is 10.9. The molecule has 5 aromatic rings. The van der Waals surface area contributed by atoms with Crippen molar-refractivity contribution in [1.82, 2.24) is 19.1 Å². The molecule has 6 heteroatoms. The molecule has 2 heterocycles. The monoisotopic (exact) mass is 421 g/mol. The predicted octanol–water partition coefficient (Wildman–Crippen LogP) is 5.66. The maximum absolute atomic E-state index is 10.4. The zero-order valence-corrected chi connectivity index (χ0v) is 17.9. The summed E-state index contributed by atoms with van der Waals surface area (Å²) in [5.74, 6) is 3.23. The average Bonchev–Trinajstić information content (AvgIpc) is 3.38. The smallest absolute Gasteiger partial charge is 0.157 e. The van der Waals surface area contributed by atoms with Crippen molar-refractivity contribution in [3.05, 3.63) is 97.3 Å². The van der Waals surface area contributed by atoms with E-state index in [4.69, 9.17) is 9.97 Å². The van der Waals surface area contributed by atoms with E-state index in [1.165, 1.54) is 0 Å². The second-order valence-electron chi connectivity index (χ2n) is 7.62. The molecule has 0 radical (unpaired) electrons. The first kappa shape index (κ1) is 19.6. The number of aromatic nitrogens is 4. The topological polar surface area (TPSA) is 59.1 Å². The highest BCUT2D eigenvalue weighted by Crippen LogP contribution is 2.37. The Bertz CT molecular complexity index is 1360. The van der Waals surface area contributed by atoms with E-state index in [1.54, 1.807) is 12.1 Å². The van der Waals surface area contributed by atoms with E-state index in [0.717, 1.165) is 28.7 Å². The molecule has 0 unspecified atom stereocenters. The molecule has 3 aromatic carbocycles. The van der Waals surface area contributed by atoms with Crippen LogP contribution in [0.15, 0.2) is 97.3 Å². The summed E-state index contributed by atoms with van der Waals surface area (Å²) < 4.78 is 3.94. The average molecular weight is 422 g/mol. The Balaban J connectivity index is 1.65. The number of phenolic OH excluding ortho intramolecular Hbond substituents is 1. The molecule has 0 bridgehead atoms. The van der Waals surface area contributed by atoms with Crippen LogP contribution < -0.4 is 4.90 Å². The minimum absolute atomic E-state index is 0.197. The van der Waals surface area contributed by atoms with Crippen molar-refractivity contribution < 1.29 is 5.11 Å². The molecular weight excluding hydrogens is 398 g/mol. The lowest BCUT2D eigenvalue weighted by Crippen LogP contribution is -2.10. The molecule has 5 rings (SSSR count). The van der Waals surface area contributed by atoms with Crippen molar-refractivity contribution in [2.75, 3.05) is 4.90 Å². The van der Waals surface area contributed by atoms with Gasteiger partial charge >= 0.3 is 0 Å². The first-order chi connectivity index (χ1) is 15.6. The van der Waals surface area contributed by atoms with E-state index < -0.39 is 0 Å². The lowest BCUT2D eigenvalue weighted by atomic mass is 10.2. The second kappa shape index (κ2) is 8.07. The minimum Gasteiger partial charge on any atom is -0.507 e. The van der Waals surface area contributed by atoms with E-state index in [1.807, 2.05) is 101 Å². The number of nitrogens with zero attached hydrogens (tertiary/aromatic N) is 5. The molecule has 0 spiro atoms. The fourth-order valence-electron chi connectivity index (χ4n) is 3.84. The quantitative estimate of drug-likeness (QED) is 0.398. The highest BCUT2D eigenvalue weighted by Gasteiger charge is 2.22. The maximum Gasteiger partial charge on any atom is 0.157 e. The van der Waals surface area contributed by atoms with E-state index in [9.17, 15) is 5.11 Å². The van der Waals surface area contributed by atoms with Crippen molar-refractivity contribution >= 4 is 17.3 Å².